The lowest BCUT2D eigenvalue weighted by Crippen LogP contribution is -2.36. The van der Waals surface area contributed by atoms with Crippen LogP contribution in [0.2, 0.25) is 0 Å². The van der Waals surface area contributed by atoms with Crippen molar-refractivity contribution in [3.63, 3.8) is 0 Å². The molecule has 0 saturated carbocycles. The second-order valence-electron chi connectivity index (χ2n) is 5.01. The number of nitrogens with zero attached hydrogens (tertiary/aromatic N) is 3. The number of aromatic nitrogens is 4. The van der Waals surface area contributed by atoms with Gasteiger partial charge in [0.15, 0.2) is 11.2 Å². The van der Waals surface area contributed by atoms with Gasteiger partial charge in [0, 0.05) is 27.2 Å². The zero-order valence-electron chi connectivity index (χ0n) is 11.5. The van der Waals surface area contributed by atoms with Crippen LogP contribution in [0.1, 0.15) is 12.8 Å². The SMILES string of the molecule is Cn1c(=O)c2[nH]c(NC[C@H]3CCCO3)nc2n(C)c1=O. The van der Waals surface area contributed by atoms with Crippen LogP contribution in [-0.2, 0) is 18.8 Å². The Morgan fingerprint density at radius 3 is 2.90 bits per heavy atom. The van der Waals surface area contributed by atoms with E-state index in [9.17, 15) is 9.59 Å². The van der Waals surface area contributed by atoms with E-state index in [0.29, 0.717) is 23.7 Å². The minimum atomic E-state index is -0.389. The second kappa shape index (κ2) is 4.78. The summed E-state index contributed by atoms with van der Waals surface area (Å²) in [6, 6.07) is 0. The zero-order chi connectivity index (χ0) is 14.3. The molecule has 0 unspecified atom stereocenters. The molecule has 8 nitrogen and oxygen atoms in total. The highest BCUT2D eigenvalue weighted by Gasteiger charge is 2.17. The summed E-state index contributed by atoms with van der Waals surface area (Å²) >= 11 is 0. The number of fused-ring (bicyclic) bond motifs is 1. The Morgan fingerprint density at radius 1 is 1.40 bits per heavy atom. The van der Waals surface area contributed by atoms with E-state index in [0.717, 1.165) is 24.0 Å². The third kappa shape index (κ3) is 2.01. The van der Waals surface area contributed by atoms with Crippen LogP contribution in [0.4, 0.5) is 5.95 Å². The molecule has 2 N–H and O–H groups in total. The van der Waals surface area contributed by atoms with E-state index in [1.54, 1.807) is 7.05 Å². The molecule has 8 heteroatoms. The predicted octanol–water partition coefficient (Wildman–Crippen LogP) is -0.449. The maximum Gasteiger partial charge on any atom is 0.332 e. The number of ether oxygens (including phenoxy) is 1. The van der Waals surface area contributed by atoms with E-state index in [1.165, 1.54) is 11.6 Å². The summed E-state index contributed by atoms with van der Waals surface area (Å²) in [5.74, 6) is 0.480. The minimum absolute atomic E-state index is 0.176. The standard InChI is InChI=1S/C12H17N5O3/c1-16-9-8(10(18)17(2)12(16)19)14-11(15-9)13-6-7-4-3-5-20-7/h7H,3-6H2,1-2H3,(H2,13,14,15)/t7-/m1/s1. The van der Waals surface area contributed by atoms with Crippen molar-refractivity contribution in [2.24, 2.45) is 14.1 Å². The van der Waals surface area contributed by atoms with Crippen molar-refractivity contribution in [2.75, 3.05) is 18.5 Å². The molecular weight excluding hydrogens is 262 g/mol. The normalized spacial score (nSPS) is 18.8. The first kappa shape index (κ1) is 12.9. The number of rotatable bonds is 3. The summed E-state index contributed by atoms with van der Waals surface area (Å²) in [5.41, 5.74) is -0.0853. The number of hydrogen-bond acceptors (Lipinski definition) is 5. The van der Waals surface area contributed by atoms with Gasteiger partial charge >= 0.3 is 5.69 Å². The van der Waals surface area contributed by atoms with E-state index >= 15 is 0 Å². The van der Waals surface area contributed by atoms with E-state index < -0.39 is 0 Å². The maximum absolute atomic E-state index is 12.0. The van der Waals surface area contributed by atoms with Gasteiger partial charge in [0.1, 0.15) is 0 Å². The van der Waals surface area contributed by atoms with Gasteiger partial charge in [-0.3, -0.25) is 13.9 Å². The molecule has 0 amide bonds. The van der Waals surface area contributed by atoms with Gasteiger partial charge in [-0.1, -0.05) is 0 Å². The Morgan fingerprint density at radius 2 is 2.20 bits per heavy atom. The van der Waals surface area contributed by atoms with Gasteiger partial charge in [0.25, 0.3) is 5.56 Å². The molecule has 2 aromatic rings. The van der Waals surface area contributed by atoms with Crippen LogP contribution in [0.15, 0.2) is 9.59 Å². The van der Waals surface area contributed by atoms with Crippen molar-refractivity contribution < 1.29 is 4.74 Å². The number of aryl methyl sites for hydroxylation is 1. The first-order valence-corrected chi connectivity index (χ1v) is 6.59. The number of anilines is 1. The molecule has 108 valence electrons. The Kier molecular flexibility index (Phi) is 3.09. The van der Waals surface area contributed by atoms with Crippen molar-refractivity contribution in [2.45, 2.75) is 18.9 Å². The molecule has 0 aromatic carbocycles. The average Bonchev–Trinajstić information content (AvgIpc) is 3.09. The molecule has 1 atom stereocenters. The van der Waals surface area contributed by atoms with Gasteiger partial charge in [-0.2, -0.15) is 4.98 Å². The molecule has 1 saturated heterocycles. The van der Waals surface area contributed by atoms with E-state index in [-0.39, 0.29) is 17.4 Å². The Balaban J connectivity index is 1.94. The van der Waals surface area contributed by atoms with Crippen molar-refractivity contribution in [3.8, 4) is 0 Å². The fourth-order valence-electron chi connectivity index (χ4n) is 2.43. The fourth-order valence-corrected chi connectivity index (χ4v) is 2.43. The lowest BCUT2D eigenvalue weighted by Gasteiger charge is -2.08. The smallest absolute Gasteiger partial charge is 0.332 e. The molecule has 3 rings (SSSR count). The maximum atomic E-state index is 12.0. The number of H-pyrrole nitrogens is 1. The second-order valence-corrected chi connectivity index (χ2v) is 5.01. The summed E-state index contributed by atoms with van der Waals surface area (Å²) < 4.78 is 7.92. The number of aromatic amines is 1. The van der Waals surface area contributed by atoms with Crippen LogP contribution >= 0.6 is 0 Å². The molecule has 0 aliphatic carbocycles. The highest BCUT2D eigenvalue weighted by Crippen LogP contribution is 2.13. The molecule has 0 radical (unpaired) electrons. The minimum Gasteiger partial charge on any atom is -0.376 e. The fraction of sp³-hybridized carbons (Fsp3) is 0.583. The topological polar surface area (TPSA) is 93.9 Å². The van der Waals surface area contributed by atoms with E-state index in [4.69, 9.17) is 4.74 Å². The van der Waals surface area contributed by atoms with E-state index in [2.05, 4.69) is 15.3 Å². The quantitative estimate of drug-likeness (QED) is 0.793. The Labute approximate surface area is 114 Å². The molecule has 0 spiro atoms. The first-order chi connectivity index (χ1) is 9.58. The first-order valence-electron chi connectivity index (χ1n) is 6.59. The molecule has 20 heavy (non-hydrogen) atoms. The summed E-state index contributed by atoms with van der Waals surface area (Å²) in [5, 5.41) is 3.11. The van der Waals surface area contributed by atoms with Gasteiger partial charge in [-0.15, -0.1) is 0 Å². The van der Waals surface area contributed by atoms with Crippen LogP contribution < -0.4 is 16.6 Å². The summed E-state index contributed by atoms with van der Waals surface area (Å²) in [7, 11) is 3.04. The van der Waals surface area contributed by atoms with Crippen molar-refractivity contribution in [3.05, 3.63) is 20.8 Å². The zero-order valence-corrected chi connectivity index (χ0v) is 11.5. The van der Waals surface area contributed by atoms with Gasteiger partial charge in [0.2, 0.25) is 5.95 Å². The van der Waals surface area contributed by atoms with Crippen LogP contribution in [-0.4, -0.2) is 38.4 Å². The largest absolute Gasteiger partial charge is 0.376 e. The summed E-state index contributed by atoms with van der Waals surface area (Å²) in [4.78, 5) is 31.0. The van der Waals surface area contributed by atoms with Gasteiger partial charge in [0.05, 0.1) is 6.10 Å². The highest BCUT2D eigenvalue weighted by molar-refractivity contribution is 5.72. The molecule has 1 aliphatic rings. The molecule has 3 heterocycles. The summed E-state index contributed by atoms with van der Waals surface area (Å²) in [6.07, 6.45) is 2.27. The number of hydrogen-bond donors (Lipinski definition) is 2. The average molecular weight is 279 g/mol. The van der Waals surface area contributed by atoms with E-state index in [1.807, 2.05) is 0 Å². The Bertz CT molecular complexity index is 751. The van der Waals surface area contributed by atoms with Crippen molar-refractivity contribution >= 4 is 17.1 Å². The Hall–Kier alpha value is -2.09. The predicted molar refractivity (Wildman–Crippen MR) is 74.0 cm³/mol. The third-order valence-corrected chi connectivity index (χ3v) is 3.62. The molecular formula is C12H17N5O3. The summed E-state index contributed by atoms with van der Waals surface area (Å²) in [6.45, 7) is 1.43. The molecule has 2 aromatic heterocycles. The lowest BCUT2D eigenvalue weighted by atomic mass is 10.2. The molecule has 1 fully saturated rings. The van der Waals surface area contributed by atoms with Crippen molar-refractivity contribution in [1.29, 1.82) is 0 Å². The third-order valence-electron chi connectivity index (χ3n) is 3.62. The van der Waals surface area contributed by atoms with Crippen LogP contribution in [0.5, 0.6) is 0 Å². The van der Waals surface area contributed by atoms with Crippen molar-refractivity contribution in [1.82, 2.24) is 19.1 Å². The molecule has 0 bridgehead atoms. The van der Waals surface area contributed by atoms with Crippen LogP contribution in [0.25, 0.3) is 11.2 Å². The number of imidazole rings is 1. The lowest BCUT2D eigenvalue weighted by molar-refractivity contribution is 0.120. The molecule has 1 aliphatic heterocycles. The highest BCUT2D eigenvalue weighted by atomic mass is 16.5. The van der Waals surface area contributed by atoms with Crippen LogP contribution in [0, 0.1) is 0 Å². The van der Waals surface area contributed by atoms with Gasteiger partial charge < -0.3 is 15.0 Å². The monoisotopic (exact) mass is 279 g/mol. The van der Waals surface area contributed by atoms with Gasteiger partial charge in [-0.05, 0) is 12.8 Å². The number of nitrogens with one attached hydrogen (secondary N) is 2. The van der Waals surface area contributed by atoms with Gasteiger partial charge in [-0.25, -0.2) is 4.79 Å². The van der Waals surface area contributed by atoms with Crippen LogP contribution in [0.3, 0.4) is 0 Å².